The topological polar surface area (TPSA) is 114 Å². The lowest BCUT2D eigenvalue weighted by Crippen LogP contribution is -2.25. The number of nitrogens with zero attached hydrogens (tertiary/aromatic N) is 4. The summed E-state index contributed by atoms with van der Waals surface area (Å²) in [7, 11) is 0. The average molecular weight is 462 g/mol. The molecule has 3 aromatic rings. The van der Waals surface area contributed by atoms with Crippen molar-refractivity contribution < 1.29 is 14.6 Å². The minimum atomic E-state index is -0.715. The Morgan fingerprint density at radius 2 is 1.71 bits per heavy atom. The summed E-state index contributed by atoms with van der Waals surface area (Å²) in [6, 6.07) is 7.80. The van der Waals surface area contributed by atoms with Gasteiger partial charge in [0.2, 0.25) is 5.88 Å². The third-order valence-electron chi connectivity index (χ3n) is 7.09. The zero-order chi connectivity index (χ0) is 23.3. The Morgan fingerprint density at radius 3 is 2.38 bits per heavy atom. The maximum absolute atomic E-state index is 10.9. The maximum Gasteiger partial charge on any atom is 0.303 e. The summed E-state index contributed by atoms with van der Waals surface area (Å²) in [4.78, 5) is 24.7. The van der Waals surface area contributed by atoms with Crippen LogP contribution < -0.4 is 4.74 Å². The van der Waals surface area contributed by atoms with Crippen LogP contribution >= 0.6 is 0 Å². The van der Waals surface area contributed by atoms with Crippen molar-refractivity contribution in [2.75, 3.05) is 0 Å². The molecule has 0 atom stereocenters. The van der Waals surface area contributed by atoms with Gasteiger partial charge in [0.05, 0.1) is 5.69 Å². The molecule has 0 bridgehead atoms. The molecule has 0 aliphatic heterocycles. The molecule has 0 saturated heterocycles. The van der Waals surface area contributed by atoms with E-state index in [9.17, 15) is 4.79 Å². The van der Waals surface area contributed by atoms with Crippen molar-refractivity contribution in [3.63, 3.8) is 0 Å². The normalized spacial score (nSPS) is 21.3. The number of carboxylic acid groups (broad SMARTS) is 1. The molecule has 0 radical (unpaired) electrons. The van der Waals surface area contributed by atoms with E-state index in [1.165, 1.54) is 32.1 Å². The van der Waals surface area contributed by atoms with Gasteiger partial charge in [0.25, 0.3) is 0 Å². The van der Waals surface area contributed by atoms with E-state index < -0.39 is 5.97 Å². The van der Waals surface area contributed by atoms with E-state index in [2.05, 4.69) is 20.2 Å². The van der Waals surface area contributed by atoms with Crippen LogP contribution in [0.2, 0.25) is 0 Å². The smallest absolute Gasteiger partial charge is 0.303 e. The fourth-order valence-electron chi connectivity index (χ4n) is 5.13. The molecule has 5 rings (SSSR count). The van der Waals surface area contributed by atoms with Gasteiger partial charge in [-0.3, -0.25) is 14.9 Å². The number of carbonyl (C=O) groups is 1. The predicted octanol–water partition coefficient (Wildman–Crippen LogP) is 5.39. The number of hydrogen-bond acceptors (Lipinski definition) is 6. The number of nitrogens with one attached hydrogen (secondary N) is 1. The minimum Gasteiger partial charge on any atom is -0.481 e. The molecule has 2 saturated carbocycles. The SMILES string of the molecule is O=C(O)CC1CCC(Oc2ccc(-c3ccc(-c4n[nH]c(C5CCCCC5)n4)cn3)cn2)CC1. The zero-order valence-electron chi connectivity index (χ0n) is 19.3. The summed E-state index contributed by atoms with van der Waals surface area (Å²) in [6.07, 6.45) is 13.7. The molecule has 8 nitrogen and oxygen atoms in total. The third kappa shape index (κ3) is 5.43. The van der Waals surface area contributed by atoms with E-state index in [0.717, 1.165) is 48.3 Å². The second-order valence-corrected chi connectivity index (χ2v) is 9.55. The quantitative estimate of drug-likeness (QED) is 0.485. The Kier molecular flexibility index (Phi) is 6.83. The molecular weight excluding hydrogens is 430 g/mol. The van der Waals surface area contributed by atoms with Crippen LogP contribution in [0.1, 0.15) is 76.0 Å². The number of pyridine rings is 2. The summed E-state index contributed by atoms with van der Waals surface area (Å²) in [5.74, 6) is 2.32. The van der Waals surface area contributed by atoms with Gasteiger partial charge in [0.1, 0.15) is 11.9 Å². The number of rotatable bonds is 7. The molecule has 0 aromatic carbocycles. The van der Waals surface area contributed by atoms with E-state index >= 15 is 0 Å². The third-order valence-corrected chi connectivity index (χ3v) is 7.09. The molecule has 3 aromatic heterocycles. The van der Waals surface area contributed by atoms with Crippen LogP contribution in [0.5, 0.6) is 5.88 Å². The second-order valence-electron chi connectivity index (χ2n) is 9.55. The molecule has 178 valence electrons. The molecule has 0 spiro atoms. The predicted molar refractivity (Wildman–Crippen MR) is 127 cm³/mol. The van der Waals surface area contributed by atoms with Crippen LogP contribution in [0.4, 0.5) is 0 Å². The molecule has 2 aliphatic carbocycles. The monoisotopic (exact) mass is 461 g/mol. The van der Waals surface area contributed by atoms with Gasteiger partial charge in [-0.15, -0.1) is 0 Å². The highest BCUT2D eigenvalue weighted by atomic mass is 16.5. The Labute approximate surface area is 199 Å². The molecule has 0 amide bonds. The van der Waals surface area contributed by atoms with Crippen LogP contribution in [0.25, 0.3) is 22.6 Å². The summed E-state index contributed by atoms with van der Waals surface area (Å²) >= 11 is 0. The van der Waals surface area contributed by atoms with Crippen molar-refractivity contribution in [3.8, 4) is 28.5 Å². The Balaban J connectivity index is 1.17. The number of aromatic amines is 1. The van der Waals surface area contributed by atoms with Crippen LogP contribution in [0.3, 0.4) is 0 Å². The van der Waals surface area contributed by atoms with Gasteiger partial charge < -0.3 is 9.84 Å². The number of ether oxygens (including phenoxy) is 1. The first kappa shape index (κ1) is 22.5. The lowest BCUT2D eigenvalue weighted by atomic mass is 9.85. The maximum atomic E-state index is 10.9. The fraction of sp³-hybridized carbons (Fsp3) is 0.500. The van der Waals surface area contributed by atoms with Gasteiger partial charge in [-0.25, -0.2) is 9.97 Å². The van der Waals surface area contributed by atoms with Crippen molar-refractivity contribution in [2.45, 2.75) is 76.2 Å². The molecule has 3 heterocycles. The van der Waals surface area contributed by atoms with E-state index in [0.29, 0.717) is 17.6 Å². The van der Waals surface area contributed by atoms with Crippen molar-refractivity contribution in [1.29, 1.82) is 0 Å². The minimum absolute atomic E-state index is 0.0978. The largest absolute Gasteiger partial charge is 0.481 e. The number of aliphatic carboxylic acids is 1. The summed E-state index contributed by atoms with van der Waals surface area (Å²) in [5.41, 5.74) is 2.65. The van der Waals surface area contributed by atoms with E-state index in [-0.39, 0.29) is 18.4 Å². The molecule has 34 heavy (non-hydrogen) atoms. The molecule has 2 N–H and O–H groups in total. The highest BCUT2D eigenvalue weighted by molar-refractivity contribution is 5.67. The van der Waals surface area contributed by atoms with E-state index in [4.69, 9.17) is 14.8 Å². The van der Waals surface area contributed by atoms with Gasteiger partial charge in [0.15, 0.2) is 5.82 Å². The molecule has 2 fully saturated rings. The van der Waals surface area contributed by atoms with E-state index in [1.54, 1.807) is 6.20 Å². The van der Waals surface area contributed by atoms with Crippen LogP contribution in [-0.2, 0) is 4.79 Å². The first-order valence-corrected chi connectivity index (χ1v) is 12.4. The van der Waals surface area contributed by atoms with Crippen LogP contribution in [0, 0.1) is 5.92 Å². The van der Waals surface area contributed by atoms with Gasteiger partial charge in [-0.2, -0.15) is 5.10 Å². The Hall–Kier alpha value is -3.29. The first-order valence-electron chi connectivity index (χ1n) is 12.4. The van der Waals surface area contributed by atoms with Crippen LogP contribution in [-0.4, -0.2) is 42.3 Å². The van der Waals surface area contributed by atoms with Crippen LogP contribution in [0.15, 0.2) is 36.7 Å². The van der Waals surface area contributed by atoms with Crippen molar-refractivity contribution in [3.05, 3.63) is 42.5 Å². The number of aromatic nitrogens is 5. The number of hydrogen-bond donors (Lipinski definition) is 2. The highest BCUT2D eigenvalue weighted by Crippen LogP contribution is 2.32. The van der Waals surface area contributed by atoms with Gasteiger partial charge >= 0.3 is 5.97 Å². The van der Waals surface area contributed by atoms with Gasteiger partial charge in [-0.1, -0.05) is 19.3 Å². The lowest BCUT2D eigenvalue weighted by Gasteiger charge is -2.27. The van der Waals surface area contributed by atoms with Crippen molar-refractivity contribution >= 4 is 5.97 Å². The second kappa shape index (κ2) is 10.3. The van der Waals surface area contributed by atoms with Crippen molar-refractivity contribution in [1.82, 2.24) is 25.1 Å². The highest BCUT2D eigenvalue weighted by Gasteiger charge is 2.24. The van der Waals surface area contributed by atoms with Gasteiger partial charge in [0, 0.05) is 41.9 Å². The number of carboxylic acids is 1. The summed E-state index contributed by atoms with van der Waals surface area (Å²) in [5, 5.41) is 16.5. The number of H-pyrrole nitrogens is 1. The molecular formula is C26H31N5O3. The Morgan fingerprint density at radius 1 is 0.941 bits per heavy atom. The van der Waals surface area contributed by atoms with Gasteiger partial charge in [-0.05, 0) is 62.6 Å². The molecule has 0 unspecified atom stereocenters. The summed E-state index contributed by atoms with van der Waals surface area (Å²) in [6.45, 7) is 0. The first-order chi connectivity index (χ1) is 16.6. The average Bonchev–Trinajstić information content (AvgIpc) is 3.37. The standard InChI is InChI=1S/C26H31N5O3/c32-24(33)14-17-6-10-21(11-7-17)34-23-13-9-19(15-28-23)22-12-8-20(16-27-22)26-29-25(30-31-26)18-4-2-1-3-5-18/h8-9,12-13,15-18,21H,1-7,10-11,14H2,(H,32,33)(H,29,30,31). The molecule has 2 aliphatic rings. The lowest BCUT2D eigenvalue weighted by molar-refractivity contribution is -0.138. The van der Waals surface area contributed by atoms with E-state index in [1.807, 2.05) is 30.5 Å². The Bertz CT molecular complexity index is 1080. The molecule has 8 heteroatoms. The zero-order valence-corrected chi connectivity index (χ0v) is 19.3. The summed E-state index contributed by atoms with van der Waals surface area (Å²) < 4.78 is 6.03. The fourth-order valence-corrected chi connectivity index (χ4v) is 5.13. The van der Waals surface area contributed by atoms with Crippen molar-refractivity contribution in [2.24, 2.45) is 5.92 Å².